The van der Waals surface area contributed by atoms with E-state index in [2.05, 4.69) is 45.7 Å². The molecule has 1 aliphatic heterocycles. The van der Waals surface area contributed by atoms with Crippen LogP contribution in [0.2, 0.25) is 0 Å². The van der Waals surface area contributed by atoms with E-state index >= 15 is 0 Å². The van der Waals surface area contributed by atoms with E-state index in [0.717, 1.165) is 74.8 Å². The van der Waals surface area contributed by atoms with Crippen molar-refractivity contribution in [3.8, 4) is 23.4 Å². The lowest BCUT2D eigenvalue weighted by atomic mass is 9.63. The number of likely N-dealkylation sites (N-methyl/N-ethyl adjacent to an activating group) is 1. The van der Waals surface area contributed by atoms with Crippen LogP contribution in [0.5, 0.6) is 0 Å². The molecule has 14 nitrogen and oxygen atoms in total. The Bertz CT molecular complexity index is 2050. The minimum absolute atomic E-state index is 0.0429. The third-order valence-corrected chi connectivity index (χ3v) is 11.3. The number of amides is 1. The number of carbonyl (C=O) groups is 1. The van der Waals surface area contributed by atoms with E-state index in [9.17, 15) is 10.1 Å². The van der Waals surface area contributed by atoms with E-state index < -0.39 is 5.41 Å². The number of fused-ring (bicyclic) bond motifs is 5. The van der Waals surface area contributed by atoms with Gasteiger partial charge in [0.05, 0.1) is 34.8 Å². The quantitative estimate of drug-likeness (QED) is 0.287. The topological polar surface area (TPSA) is 182 Å². The number of hydrogen-bond donors (Lipinski definition) is 2. The van der Waals surface area contributed by atoms with Gasteiger partial charge in [-0.3, -0.25) is 4.79 Å². The van der Waals surface area contributed by atoms with Gasteiger partial charge in [-0.25, -0.2) is 19.3 Å². The number of anilines is 1. The first-order chi connectivity index (χ1) is 22.3. The van der Waals surface area contributed by atoms with Gasteiger partial charge in [0.25, 0.3) is 5.91 Å². The van der Waals surface area contributed by atoms with E-state index in [4.69, 9.17) is 25.3 Å². The number of nitrogens with one attached hydrogen (secondary N) is 1. The van der Waals surface area contributed by atoms with Crippen LogP contribution in [0, 0.1) is 11.3 Å². The highest BCUT2D eigenvalue weighted by Crippen LogP contribution is 2.55. The largest absolute Gasteiger partial charge is 0.389 e. The molecule has 0 bridgehead atoms. The highest BCUT2D eigenvalue weighted by Gasteiger charge is 2.49. The normalized spacial score (nSPS) is 21.7. The van der Waals surface area contributed by atoms with E-state index in [1.807, 2.05) is 4.68 Å². The van der Waals surface area contributed by atoms with Crippen molar-refractivity contribution in [1.29, 1.82) is 5.26 Å². The Labute approximate surface area is 268 Å². The number of nitriles is 1. The lowest BCUT2D eigenvalue weighted by Gasteiger charge is -2.39. The van der Waals surface area contributed by atoms with Crippen molar-refractivity contribution in [1.82, 2.24) is 50.1 Å². The summed E-state index contributed by atoms with van der Waals surface area (Å²) in [5.74, 6) is 1.27. The molecule has 1 saturated heterocycles. The first-order valence-electron chi connectivity index (χ1n) is 15.8. The number of aryl methyl sites for hydroxylation is 1. The van der Waals surface area contributed by atoms with Crippen LogP contribution >= 0.6 is 11.3 Å². The van der Waals surface area contributed by atoms with Crippen LogP contribution < -0.4 is 11.1 Å². The highest BCUT2D eigenvalue weighted by atomic mass is 32.1. The number of hydrogen-bond acceptors (Lipinski definition) is 12. The van der Waals surface area contributed by atoms with Gasteiger partial charge in [0, 0.05) is 23.5 Å². The Hall–Kier alpha value is -4.68. The van der Waals surface area contributed by atoms with Gasteiger partial charge in [0.2, 0.25) is 0 Å². The Morgan fingerprint density at radius 2 is 2.09 bits per heavy atom. The molecular weight excluding hydrogens is 604 g/mol. The molecule has 1 fully saturated rings. The Balaban J connectivity index is 1.31. The molecule has 46 heavy (non-hydrogen) atoms. The van der Waals surface area contributed by atoms with Gasteiger partial charge >= 0.3 is 0 Å². The second-order valence-electron chi connectivity index (χ2n) is 12.6. The van der Waals surface area contributed by atoms with E-state index in [-0.39, 0.29) is 17.6 Å². The van der Waals surface area contributed by atoms with Crippen LogP contribution in [0.3, 0.4) is 0 Å². The van der Waals surface area contributed by atoms with Crippen LogP contribution in [0.25, 0.3) is 28.4 Å². The molecule has 3 N–H and O–H groups in total. The number of carbonyl (C=O) groups excluding carboxylic acids is 1. The van der Waals surface area contributed by atoms with Gasteiger partial charge in [-0.2, -0.15) is 10.4 Å². The molecule has 0 unspecified atom stereocenters. The Kier molecular flexibility index (Phi) is 6.69. The minimum atomic E-state index is -0.462. The number of nitrogens with zero attached hydrogens (tertiary/aromatic N) is 10. The van der Waals surface area contributed by atoms with Crippen LogP contribution in [0.15, 0.2) is 16.9 Å². The summed E-state index contributed by atoms with van der Waals surface area (Å²) in [6, 6.07) is 2.74. The number of likely N-dealkylation sites (tertiary alicyclic amines) is 1. The zero-order valence-electron chi connectivity index (χ0n) is 25.9. The number of aromatic nitrogens is 8. The number of thiophene rings is 1. The summed E-state index contributed by atoms with van der Waals surface area (Å²) in [5.41, 5.74) is 9.81. The van der Waals surface area contributed by atoms with Crippen LogP contribution in [0.1, 0.15) is 89.3 Å². The van der Waals surface area contributed by atoms with Crippen molar-refractivity contribution in [3.05, 3.63) is 45.4 Å². The van der Waals surface area contributed by atoms with Crippen LogP contribution in [-0.4, -0.2) is 77.4 Å². The monoisotopic (exact) mass is 638 g/mol. The molecule has 0 saturated carbocycles. The van der Waals surface area contributed by atoms with Gasteiger partial charge in [-0.1, -0.05) is 10.4 Å². The molecule has 2 aliphatic carbocycles. The van der Waals surface area contributed by atoms with Gasteiger partial charge in [-0.15, -0.1) is 16.4 Å². The summed E-state index contributed by atoms with van der Waals surface area (Å²) in [4.78, 5) is 26.0. The molecule has 236 valence electrons. The summed E-state index contributed by atoms with van der Waals surface area (Å²) in [7, 11) is 3.70. The van der Waals surface area contributed by atoms with Crippen LogP contribution in [-0.2, 0) is 18.3 Å². The lowest BCUT2D eigenvalue weighted by molar-refractivity contribution is 0.0958. The highest BCUT2D eigenvalue weighted by molar-refractivity contribution is 7.16. The predicted molar refractivity (Wildman–Crippen MR) is 170 cm³/mol. The molecule has 6 heterocycles. The predicted octanol–water partition coefficient (Wildman–Crippen LogP) is 3.55. The average Bonchev–Trinajstić information content (AvgIpc) is 3.89. The molecule has 8 rings (SSSR count). The van der Waals surface area contributed by atoms with Gasteiger partial charge < -0.3 is 20.5 Å². The van der Waals surface area contributed by atoms with Crippen molar-refractivity contribution in [2.45, 2.75) is 75.8 Å². The molecule has 15 heteroatoms. The first-order valence-corrected chi connectivity index (χ1v) is 16.6. The van der Waals surface area contributed by atoms with Gasteiger partial charge in [-0.05, 0) is 77.4 Å². The maximum Gasteiger partial charge on any atom is 0.273 e. The second kappa shape index (κ2) is 10.7. The zero-order chi connectivity index (χ0) is 31.7. The number of rotatable bonds is 5. The van der Waals surface area contributed by atoms with Crippen LogP contribution in [0.4, 0.5) is 5.00 Å². The Morgan fingerprint density at radius 1 is 1.26 bits per heavy atom. The fourth-order valence-electron chi connectivity index (χ4n) is 8.01. The maximum atomic E-state index is 12.4. The first kappa shape index (κ1) is 28.8. The third-order valence-electron chi connectivity index (χ3n) is 10.2. The molecule has 5 aromatic heterocycles. The SMILES string of the molecule is CNC(=O)c1cn(-c2nc(-c3noc4c3CCC[C@@]43CCCc4sc(N)c(C#N)c43)nc3c2cnn3[C@@H](C)[C@@H]2CCCN2C)nn1. The smallest absolute Gasteiger partial charge is 0.273 e. The standard InChI is InChI=1S/C31H34N12O2S/c1-16(21-8-6-12-41(21)3)43-29-19(14-35-43)28(42-15-20(38-40-42)30(44)34-2)36-27(37-29)24-17-7-4-10-31(25(17)45-39-24)11-5-9-22-23(31)18(13-32)26(33)46-22/h14-16,21H,4-12,33H2,1-3H3,(H,34,44)/t16-,21-,31-/m0/s1. The lowest BCUT2D eigenvalue weighted by Crippen LogP contribution is -2.35. The molecule has 0 aromatic carbocycles. The molecule has 1 amide bonds. The molecule has 5 aromatic rings. The van der Waals surface area contributed by atoms with E-state index in [0.29, 0.717) is 45.0 Å². The summed E-state index contributed by atoms with van der Waals surface area (Å²) >= 11 is 1.52. The van der Waals surface area contributed by atoms with Crippen molar-refractivity contribution >= 4 is 33.3 Å². The van der Waals surface area contributed by atoms with Gasteiger partial charge in [0.15, 0.2) is 34.4 Å². The van der Waals surface area contributed by atoms with Crippen molar-refractivity contribution in [3.63, 3.8) is 0 Å². The minimum Gasteiger partial charge on any atom is -0.389 e. The van der Waals surface area contributed by atoms with Crippen molar-refractivity contribution in [2.24, 2.45) is 0 Å². The maximum absolute atomic E-state index is 12.4. The molecule has 3 atom stereocenters. The summed E-state index contributed by atoms with van der Waals surface area (Å²) in [6.45, 7) is 3.21. The zero-order valence-corrected chi connectivity index (χ0v) is 26.8. The summed E-state index contributed by atoms with van der Waals surface area (Å²) in [6.07, 6.45) is 10.8. The second-order valence-corrected chi connectivity index (χ2v) is 13.8. The van der Waals surface area contributed by atoms with E-state index in [1.54, 1.807) is 19.4 Å². The Morgan fingerprint density at radius 3 is 2.85 bits per heavy atom. The molecule has 1 spiro atoms. The van der Waals surface area contributed by atoms with Crippen molar-refractivity contribution < 1.29 is 9.32 Å². The molecule has 0 radical (unpaired) electrons. The summed E-state index contributed by atoms with van der Waals surface area (Å²) < 4.78 is 9.72. The number of nitrogen functional groups attached to an aromatic ring is 1. The third kappa shape index (κ3) is 4.12. The fraction of sp³-hybridized carbons (Fsp3) is 0.484. The number of nitrogens with two attached hydrogens (primary N) is 1. The molecule has 3 aliphatic rings. The molecular formula is C31H34N12O2S. The van der Waals surface area contributed by atoms with Crippen molar-refractivity contribution in [2.75, 3.05) is 26.4 Å². The van der Waals surface area contributed by atoms with Gasteiger partial charge in [0.1, 0.15) is 11.1 Å². The summed E-state index contributed by atoms with van der Waals surface area (Å²) in [5, 5.41) is 31.7. The van der Waals surface area contributed by atoms with E-state index in [1.165, 1.54) is 20.9 Å². The fourth-order valence-corrected chi connectivity index (χ4v) is 9.18. The average molecular weight is 639 g/mol.